The van der Waals surface area contributed by atoms with E-state index in [0.717, 1.165) is 19.7 Å². The van der Waals surface area contributed by atoms with Gasteiger partial charge in [0.15, 0.2) is 0 Å². The summed E-state index contributed by atoms with van der Waals surface area (Å²) in [5.41, 5.74) is 1.31. The van der Waals surface area contributed by atoms with E-state index in [2.05, 4.69) is 34.9 Å². The van der Waals surface area contributed by atoms with Gasteiger partial charge in [-0.05, 0) is 12.6 Å². The van der Waals surface area contributed by atoms with E-state index in [1.165, 1.54) is 5.56 Å². The molecule has 1 aromatic carbocycles. The van der Waals surface area contributed by atoms with Crippen molar-refractivity contribution in [2.24, 2.45) is 0 Å². The summed E-state index contributed by atoms with van der Waals surface area (Å²) in [6, 6.07) is 10.4. The lowest BCUT2D eigenvalue weighted by atomic mass is 10.2. The summed E-state index contributed by atoms with van der Waals surface area (Å²) in [6.07, 6.45) is 0. The standard InChI is InChI=1S/C11H18N2O/c1-12-10-14-8-7-13-9-11-5-3-2-4-6-11/h2-6,12-13H,7-10H2,1H3. The van der Waals surface area contributed by atoms with Crippen LogP contribution in [0.3, 0.4) is 0 Å². The van der Waals surface area contributed by atoms with E-state index >= 15 is 0 Å². The van der Waals surface area contributed by atoms with Crippen LogP contribution in [0.1, 0.15) is 5.56 Å². The lowest BCUT2D eigenvalue weighted by Crippen LogP contribution is -2.22. The zero-order chi connectivity index (χ0) is 10.1. The van der Waals surface area contributed by atoms with E-state index < -0.39 is 0 Å². The summed E-state index contributed by atoms with van der Waals surface area (Å²) < 4.78 is 5.25. The summed E-state index contributed by atoms with van der Waals surface area (Å²) in [6.45, 7) is 3.15. The Labute approximate surface area is 85.5 Å². The molecule has 1 rings (SSSR count). The summed E-state index contributed by atoms with van der Waals surface area (Å²) in [5.74, 6) is 0. The van der Waals surface area contributed by atoms with Gasteiger partial charge in [0, 0.05) is 13.1 Å². The molecule has 0 bridgehead atoms. The molecule has 0 aliphatic carbocycles. The van der Waals surface area contributed by atoms with Gasteiger partial charge >= 0.3 is 0 Å². The average molecular weight is 194 g/mol. The van der Waals surface area contributed by atoms with Crippen molar-refractivity contribution < 1.29 is 4.74 Å². The highest BCUT2D eigenvalue weighted by Crippen LogP contribution is 1.96. The van der Waals surface area contributed by atoms with Crippen molar-refractivity contribution in [1.82, 2.24) is 10.6 Å². The Balaban J connectivity index is 1.99. The van der Waals surface area contributed by atoms with Gasteiger partial charge in [-0.15, -0.1) is 0 Å². The van der Waals surface area contributed by atoms with Crippen LogP contribution in [0, 0.1) is 0 Å². The molecule has 0 heterocycles. The van der Waals surface area contributed by atoms with Gasteiger partial charge < -0.3 is 10.1 Å². The summed E-state index contributed by atoms with van der Waals surface area (Å²) in [5, 5.41) is 6.23. The van der Waals surface area contributed by atoms with Crippen molar-refractivity contribution in [3.63, 3.8) is 0 Å². The van der Waals surface area contributed by atoms with Crippen LogP contribution in [0.4, 0.5) is 0 Å². The molecule has 14 heavy (non-hydrogen) atoms. The first-order valence-electron chi connectivity index (χ1n) is 4.90. The van der Waals surface area contributed by atoms with Gasteiger partial charge in [0.25, 0.3) is 0 Å². The fraction of sp³-hybridized carbons (Fsp3) is 0.455. The summed E-state index contributed by atoms with van der Waals surface area (Å²) >= 11 is 0. The molecule has 3 heteroatoms. The first-order valence-corrected chi connectivity index (χ1v) is 4.90. The fourth-order valence-corrected chi connectivity index (χ4v) is 1.15. The first-order chi connectivity index (χ1) is 6.93. The Morgan fingerprint density at radius 1 is 1.21 bits per heavy atom. The summed E-state index contributed by atoms with van der Waals surface area (Å²) in [4.78, 5) is 0. The number of hydrogen-bond donors (Lipinski definition) is 2. The molecule has 78 valence electrons. The van der Waals surface area contributed by atoms with Crippen LogP contribution in [-0.4, -0.2) is 26.9 Å². The van der Waals surface area contributed by atoms with Crippen molar-refractivity contribution in [3.05, 3.63) is 35.9 Å². The van der Waals surface area contributed by atoms with Crippen LogP contribution < -0.4 is 10.6 Å². The molecular weight excluding hydrogens is 176 g/mol. The minimum absolute atomic E-state index is 0.618. The molecule has 0 aliphatic rings. The second-order valence-electron chi connectivity index (χ2n) is 3.07. The molecule has 0 unspecified atom stereocenters. The van der Waals surface area contributed by atoms with Gasteiger partial charge in [-0.3, -0.25) is 5.32 Å². The van der Waals surface area contributed by atoms with E-state index in [0.29, 0.717) is 6.73 Å². The molecule has 0 saturated heterocycles. The second kappa shape index (κ2) is 7.50. The second-order valence-corrected chi connectivity index (χ2v) is 3.07. The monoisotopic (exact) mass is 194 g/mol. The van der Waals surface area contributed by atoms with E-state index in [1.54, 1.807) is 0 Å². The summed E-state index contributed by atoms with van der Waals surface area (Å²) in [7, 11) is 1.87. The largest absolute Gasteiger partial charge is 0.365 e. The number of benzene rings is 1. The number of ether oxygens (including phenoxy) is 1. The van der Waals surface area contributed by atoms with Crippen LogP contribution in [-0.2, 0) is 11.3 Å². The predicted molar refractivity (Wildman–Crippen MR) is 58.0 cm³/mol. The molecule has 0 atom stereocenters. The van der Waals surface area contributed by atoms with Gasteiger partial charge in [-0.25, -0.2) is 0 Å². The maximum Gasteiger partial charge on any atom is 0.0963 e. The van der Waals surface area contributed by atoms with Crippen molar-refractivity contribution >= 4 is 0 Å². The number of rotatable bonds is 7. The Kier molecular flexibility index (Phi) is 5.99. The topological polar surface area (TPSA) is 33.3 Å². The zero-order valence-corrected chi connectivity index (χ0v) is 8.62. The molecule has 3 nitrogen and oxygen atoms in total. The van der Waals surface area contributed by atoms with Crippen molar-refractivity contribution in [2.75, 3.05) is 26.9 Å². The Hall–Kier alpha value is -0.900. The lowest BCUT2D eigenvalue weighted by Gasteiger charge is -2.05. The molecule has 0 fully saturated rings. The van der Waals surface area contributed by atoms with E-state index in [1.807, 2.05) is 13.1 Å². The molecule has 2 N–H and O–H groups in total. The van der Waals surface area contributed by atoms with Crippen LogP contribution in [0.5, 0.6) is 0 Å². The smallest absolute Gasteiger partial charge is 0.0963 e. The highest BCUT2D eigenvalue weighted by atomic mass is 16.5. The maximum atomic E-state index is 5.25. The van der Waals surface area contributed by atoms with Crippen molar-refractivity contribution in [2.45, 2.75) is 6.54 Å². The van der Waals surface area contributed by atoms with Crippen molar-refractivity contribution in [1.29, 1.82) is 0 Å². The molecule has 1 aromatic rings. The van der Waals surface area contributed by atoms with Crippen LogP contribution in [0.25, 0.3) is 0 Å². The van der Waals surface area contributed by atoms with E-state index in [9.17, 15) is 0 Å². The predicted octanol–water partition coefficient (Wildman–Crippen LogP) is 0.970. The lowest BCUT2D eigenvalue weighted by molar-refractivity contribution is 0.123. The Morgan fingerprint density at radius 2 is 2.00 bits per heavy atom. The van der Waals surface area contributed by atoms with E-state index in [-0.39, 0.29) is 0 Å². The number of hydrogen-bond acceptors (Lipinski definition) is 3. The molecular formula is C11H18N2O. The van der Waals surface area contributed by atoms with Crippen LogP contribution in [0.15, 0.2) is 30.3 Å². The van der Waals surface area contributed by atoms with Crippen molar-refractivity contribution in [3.8, 4) is 0 Å². The highest BCUT2D eigenvalue weighted by Gasteiger charge is 1.90. The first kappa shape index (κ1) is 11.2. The minimum atomic E-state index is 0.618. The molecule has 0 amide bonds. The quantitative estimate of drug-likeness (QED) is 0.501. The molecule has 0 radical (unpaired) electrons. The molecule has 0 saturated carbocycles. The maximum absolute atomic E-state index is 5.25. The Bertz CT molecular complexity index is 226. The third-order valence-corrected chi connectivity index (χ3v) is 1.84. The molecule has 0 aromatic heterocycles. The average Bonchev–Trinajstić information content (AvgIpc) is 2.25. The van der Waals surface area contributed by atoms with Gasteiger partial charge in [0.1, 0.15) is 0 Å². The minimum Gasteiger partial charge on any atom is -0.365 e. The number of nitrogens with one attached hydrogen (secondary N) is 2. The third kappa shape index (κ3) is 4.97. The van der Waals surface area contributed by atoms with Crippen LogP contribution in [0.2, 0.25) is 0 Å². The molecule has 0 spiro atoms. The fourth-order valence-electron chi connectivity index (χ4n) is 1.15. The van der Waals surface area contributed by atoms with E-state index in [4.69, 9.17) is 4.74 Å². The Morgan fingerprint density at radius 3 is 2.71 bits per heavy atom. The van der Waals surface area contributed by atoms with Gasteiger partial charge in [0.05, 0.1) is 13.3 Å². The zero-order valence-electron chi connectivity index (χ0n) is 8.62. The molecule has 0 aliphatic heterocycles. The van der Waals surface area contributed by atoms with Crippen LogP contribution >= 0.6 is 0 Å². The normalized spacial score (nSPS) is 10.4. The van der Waals surface area contributed by atoms with Gasteiger partial charge in [-0.1, -0.05) is 30.3 Å². The third-order valence-electron chi connectivity index (χ3n) is 1.84. The SMILES string of the molecule is CNCOCCNCc1ccccc1. The van der Waals surface area contributed by atoms with Gasteiger partial charge in [0.2, 0.25) is 0 Å². The van der Waals surface area contributed by atoms with Gasteiger partial charge in [-0.2, -0.15) is 0 Å². The highest BCUT2D eigenvalue weighted by molar-refractivity contribution is 5.14.